The van der Waals surface area contributed by atoms with E-state index in [9.17, 15) is 14.0 Å². The Balaban J connectivity index is 1.28. The Morgan fingerprint density at radius 1 is 0.941 bits per heavy atom. The number of rotatable bonds is 5. The van der Waals surface area contributed by atoms with Crippen LogP contribution in [0.15, 0.2) is 72.8 Å². The molecule has 1 fully saturated rings. The maximum Gasteiger partial charge on any atom is 0.265 e. The van der Waals surface area contributed by atoms with Crippen LogP contribution in [-0.2, 0) is 17.8 Å². The lowest BCUT2D eigenvalue weighted by molar-refractivity contribution is -0.121. The Labute approximate surface area is 198 Å². The van der Waals surface area contributed by atoms with Gasteiger partial charge in [0.05, 0.1) is 12.2 Å². The van der Waals surface area contributed by atoms with Crippen LogP contribution in [0.25, 0.3) is 0 Å². The highest BCUT2D eigenvalue weighted by atomic mass is 19.1. The van der Waals surface area contributed by atoms with Crippen molar-refractivity contribution in [3.05, 3.63) is 95.3 Å². The Hall–Kier alpha value is -3.67. The summed E-state index contributed by atoms with van der Waals surface area (Å²) in [6, 6.07) is 21.8. The summed E-state index contributed by atoms with van der Waals surface area (Å²) in [6.07, 6.45) is 2.99. The number of amides is 2. The standard InChI is InChI=1S/C28H27FN2O3/c29-24-9-6-22(7-10-24)18-31-25-17-23(8-11-26(25)34-19-27(31)32)28(33)30-14-12-21(13-15-30)16-20-4-2-1-3-5-20/h1-11,17,21H,12-16,18-19H2. The molecular formula is C28H27FN2O3. The van der Waals surface area contributed by atoms with E-state index in [1.165, 1.54) is 17.7 Å². The summed E-state index contributed by atoms with van der Waals surface area (Å²) in [5.41, 5.74) is 3.26. The molecule has 2 amide bonds. The van der Waals surface area contributed by atoms with Crippen LogP contribution in [0.5, 0.6) is 5.75 Å². The van der Waals surface area contributed by atoms with Crippen LogP contribution in [0.4, 0.5) is 10.1 Å². The van der Waals surface area contributed by atoms with E-state index < -0.39 is 0 Å². The van der Waals surface area contributed by atoms with E-state index in [1.807, 2.05) is 11.0 Å². The number of fused-ring (bicyclic) bond motifs is 1. The van der Waals surface area contributed by atoms with Gasteiger partial charge < -0.3 is 14.5 Å². The predicted molar refractivity (Wildman–Crippen MR) is 128 cm³/mol. The first-order chi connectivity index (χ1) is 16.6. The first-order valence-electron chi connectivity index (χ1n) is 11.7. The lowest BCUT2D eigenvalue weighted by Crippen LogP contribution is -2.40. The van der Waals surface area contributed by atoms with E-state index >= 15 is 0 Å². The molecule has 0 radical (unpaired) electrons. The molecule has 2 aliphatic heterocycles. The molecular weight excluding hydrogens is 431 g/mol. The summed E-state index contributed by atoms with van der Waals surface area (Å²) in [7, 11) is 0. The van der Waals surface area contributed by atoms with Crippen molar-refractivity contribution < 1.29 is 18.7 Å². The number of benzene rings is 3. The second-order valence-electron chi connectivity index (χ2n) is 9.00. The molecule has 2 aliphatic rings. The zero-order valence-electron chi connectivity index (χ0n) is 19.0. The highest BCUT2D eigenvalue weighted by Crippen LogP contribution is 2.35. The normalized spacial score (nSPS) is 16.2. The van der Waals surface area contributed by atoms with Crippen LogP contribution < -0.4 is 9.64 Å². The fraction of sp³-hybridized carbons (Fsp3) is 0.286. The number of anilines is 1. The second-order valence-corrected chi connectivity index (χ2v) is 9.00. The first kappa shape index (κ1) is 22.1. The van der Waals surface area contributed by atoms with Crippen LogP contribution in [0.2, 0.25) is 0 Å². The average molecular weight is 459 g/mol. The van der Waals surface area contributed by atoms with Gasteiger partial charge >= 0.3 is 0 Å². The summed E-state index contributed by atoms with van der Waals surface area (Å²) < 4.78 is 18.9. The molecule has 5 nitrogen and oxygen atoms in total. The Kier molecular flexibility index (Phi) is 6.30. The van der Waals surface area contributed by atoms with E-state index in [0.717, 1.165) is 37.9 Å². The SMILES string of the molecule is O=C(c1ccc2c(c1)N(Cc1ccc(F)cc1)C(=O)CO2)N1CCC(Cc2ccccc2)CC1. The maximum absolute atomic E-state index is 13.3. The minimum Gasteiger partial charge on any atom is -0.482 e. The number of nitrogens with zero attached hydrogens (tertiary/aromatic N) is 2. The van der Waals surface area contributed by atoms with Crippen LogP contribution in [-0.4, -0.2) is 36.4 Å². The quantitative estimate of drug-likeness (QED) is 0.550. The Morgan fingerprint density at radius 2 is 1.68 bits per heavy atom. The maximum atomic E-state index is 13.3. The average Bonchev–Trinajstić information content (AvgIpc) is 2.87. The fourth-order valence-corrected chi connectivity index (χ4v) is 4.75. The molecule has 0 atom stereocenters. The molecule has 3 aromatic rings. The third kappa shape index (κ3) is 4.81. The van der Waals surface area contributed by atoms with Crippen molar-refractivity contribution >= 4 is 17.5 Å². The zero-order valence-corrected chi connectivity index (χ0v) is 19.0. The van der Waals surface area contributed by atoms with Gasteiger partial charge in [-0.2, -0.15) is 0 Å². The number of likely N-dealkylation sites (tertiary alicyclic amines) is 1. The van der Waals surface area contributed by atoms with Gasteiger partial charge in [0, 0.05) is 18.7 Å². The molecule has 0 bridgehead atoms. The number of halogens is 1. The van der Waals surface area contributed by atoms with Gasteiger partial charge in [-0.05, 0) is 66.6 Å². The molecule has 5 rings (SSSR count). The highest BCUT2D eigenvalue weighted by molar-refractivity contribution is 6.01. The van der Waals surface area contributed by atoms with Crippen LogP contribution in [0.3, 0.4) is 0 Å². The van der Waals surface area contributed by atoms with Crippen LogP contribution in [0, 0.1) is 11.7 Å². The molecule has 1 saturated heterocycles. The number of carbonyl (C=O) groups excluding carboxylic acids is 2. The third-order valence-electron chi connectivity index (χ3n) is 6.67. The van der Waals surface area contributed by atoms with Gasteiger partial charge in [0.25, 0.3) is 11.8 Å². The minimum atomic E-state index is -0.321. The van der Waals surface area contributed by atoms with Crippen molar-refractivity contribution in [3.8, 4) is 5.75 Å². The van der Waals surface area contributed by atoms with E-state index in [0.29, 0.717) is 22.9 Å². The summed E-state index contributed by atoms with van der Waals surface area (Å²) in [5, 5.41) is 0. The summed E-state index contributed by atoms with van der Waals surface area (Å²) >= 11 is 0. The number of hydrogen-bond donors (Lipinski definition) is 0. The van der Waals surface area contributed by atoms with Crippen molar-refractivity contribution in [1.82, 2.24) is 4.90 Å². The van der Waals surface area contributed by atoms with Crippen LogP contribution >= 0.6 is 0 Å². The van der Waals surface area contributed by atoms with E-state index in [1.54, 1.807) is 35.2 Å². The molecule has 174 valence electrons. The molecule has 6 heteroatoms. The van der Waals surface area contributed by atoms with Gasteiger partial charge in [-0.25, -0.2) is 4.39 Å². The number of hydrogen-bond acceptors (Lipinski definition) is 3. The van der Waals surface area contributed by atoms with Crippen molar-refractivity contribution in [2.24, 2.45) is 5.92 Å². The molecule has 0 saturated carbocycles. The number of ether oxygens (including phenoxy) is 1. The largest absolute Gasteiger partial charge is 0.482 e. The van der Waals surface area contributed by atoms with Gasteiger partial charge in [0.2, 0.25) is 0 Å². The van der Waals surface area contributed by atoms with Crippen molar-refractivity contribution in [2.75, 3.05) is 24.6 Å². The predicted octanol–water partition coefficient (Wildman–Crippen LogP) is 4.85. The van der Waals surface area contributed by atoms with E-state index in [-0.39, 0.29) is 30.8 Å². The molecule has 0 N–H and O–H groups in total. The molecule has 0 aliphatic carbocycles. The monoisotopic (exact) mass is 458 g/mol. The molecule has 0 aromatic heterocycles. The smallest absolute Gasteiger partial charge is 0.265 e. The summed E-state index contributed by atoms with van der Waals surface area (Å²) in [6.45, 7) is 1.68. The lowest BCUT2D eigenvalue weighted by Gasteiger charge is -2.33. The molecule has 0 unspecified atom stereocenters. The van der Waals surface area contributed by atoms with Crippen LogP contribution in [0.1, 0.15) is 34.3 Å². The zero-order chi connectivity index (χ0) is 23.5. The van der Waals surface area contributed by atoms with Gasteiger partial charge in [-0.3, -0.25) is 9.59 Å². The van der Waals surface area contributed by atoms with E-state index in [4.69, 9.17) is 4.74 Å². The minimum absolute atomic E-state index is 0.0271. The van der Waals surface area contributed by atoms with Crippen molar-refractivity contribution in [3.63, 3.8) is 0 Å². The first-order valence-corrected chi connectivity index (χ1v) is 11.7. The van der Waals surface area contributed by atoms with Crippen molar-refractivity contribution in [2.45, 2.75) is 25.8 Å². The second kappa shape index (κ2) is 9.67. The van der Waals surface area contributed by atoms with Gasteiger partial charge in [0.1, 0.15) is 11.6 Å². The van der Waals surface area contributed by atoms with E-state index in [2.05, 4.69) is 24.3 Å². The van der Waals surface area contributed by atoms with Gasteiger partial charge in [-0.15, -0.1) is 0 Å². The van der Waals surface area contributed by atoms with Gasteiger partial charge in [-0.1, -0.05) is 42.5 Å². The lowest BCUT2D eigenvalue weighted by atomic mass is 9.90. The van der Waals surface area contributed by atoms with Gasteiger partial charge in [0.15, 0.2) is 6.61 Å². The van der Waals surface area contributed by atoms with Crippen molar-refractivity contribution in [1.29, 1.82) is 0 Å². The highest BCUT2D eigenvalue weighted by Gasteiger charge is 2.29. The Bertz CT molecular complexity index is 1170. The summed E-state index contributed by atoms with van der Waals surface area (Å²) in [5.74, 6) is 0.605. The number of piperidine rings is 1. The molecule has 0 spiro atoms. The molecule has 3 aromatic carbocycles. The fourth-order valence-electron chi connectivity index (χ4n) is 4.75. The number of carbonyl (C=O) groups is 2. The third-order valence-corrected chi connectivity index (χ3v) is 6.67. The Morgan fingerprint density at radius 3 is 2.41 bits per heavy atom. The summed E-state index contributed by atoms with van der Waals surface area (Å²) in [4.78, 5) is 29.4. The molecule has 2 heterocycles. The topological polar surface area (TPSA) is 49.9 Å². The molecule has 34 heavy (non-hydrogen) atoms.